The third-order valence-electron chi connectivity index (χ3n) is 5.53. The van der Waals surface area contributed by atoms with Gasteiger partial charge in [0.05, 0.1) is 5.56 Å². The van der Waals surface area contributed by atoms with Gasteiger partial charge < -0.3 is 9.88 Å². The lowest BCUT2D eigenvalue weighted by Crippen LogP contribution is -2.36. The summed E-state index contributed by atoms with van der Waals surface area (Å²) in [6, 6.07) is 6.74. The Morgan fingerprint density at radius 1 is 1.15 bits per heavy atom. The second-order valence-electron chi connectivity index (χ2n) is 7.24. The Morgan fingerprint density at radius 2 is 1.88 bits per heavy atom. The second kappa shape index (κ2) is 6.58. The van der Waals surface area contributed by atoms with Crippen molar-refractivity contribution in [2.45, 2.75) is 44.9 Å². The van der Waals surface area contributed by atoms with Crippen LogP contribution in [0.5, 0.6) is 0 Å². The molecule has 1 aromatic carbocycles. The Bertz CT molecular complexity index is 864. The summed E-state index contributed by atoms with van der Waals surface area (Å²) in [5, 5.41) is 3.31. The molecule has 1 saturated carbocycles. The summed E-state index contributed by atoms with van der Waals surface area (Å²) >= 11 is 0. The molecule has 2 heterocycles. The van der Waals surface area contributed by atoms with Gasteiger partial charge in [-0.2, -0.15) is 13.2 Å². The number of nitrogens with one attached hydrogen (secondary N) is 1. The Kier molecular flexibility index (Phi) is 4.39. The van der Waals surface area contributed by atoms with Crippen molar-refractivity contribution < 1.29 is 13.2 Å². The highest BCUT2D eigenvalue weighted by atomic mass is 19.4. The maximum atomic E-state index is 13.1. The largest absolute Gasteiger partial charge is 0.416 e. The Morgan fingerprint density at radius 3 is 2.50 bits per heavy atom. The summed E-state index contributed by atoms with van der Waals surface area (Å²) in [5.41, 5.74) is 2.40. The van der Waals surface area contributed by atoms with Crippen molar-refractivity contribution >= 4 is 0 Å². The van der Waals surface area contributed by atoms with E-state index in [4.69, 9.17) is 0 Å². The minimum absolute atomic E-state index is 0.0858. The molecule has 26 heavy (non-hydrogen) atoms. The van der Waals surface area contributed by atoms with Crippen LogP contribution in [0.15, 0.2) is 35.1 Å². The topological polar surface area (TPSA) is 34.0 Å². The maximum absolute atomic E-state index is 13.1. The maximum Gasteiger partial charge on any atom is 0.416 e. The van der Waals surface area contributed by atoms with Crippen molar-refractivity contribution in [3.05, 3.63) is 57.5 Å². The minimum atomic E-state index is -4.37. The lowest BCUT2D eigenvalue weighted by Gasteiger charge is -2.30. The highest BCUT2D eigenvalue weighted by Crippen LogP contribution is 2.32. The van der Waals surface area contributed by atoms with Crippen LogP contribution in [0.3, 0.4) is 0 Å². The number of hydrogen-bond acceptors (Lipinski definition) is 2. The molecule has 1 aliphatic carbocycles. The molecule has 0 amide bonds. The Labute approximate surface area is 149 Å². The van der Waals surface area contributed by atoms with Gasteiger partial charge in [-0.15, -0.1) is 0 Å². The molecule has 2 aliphatic rings. The van der Waals surface area contributed by atoms with Gasteiger partial charge in [-0.3, -0.25) is 4.79 Å². The molecule has 1 aromatic heterocycles. The van der Waals surface area contributed by atoms with Crippen molar-refractivity contribution in [2.75, 3.05) is 6.54 Å². The standard InChI is InChI=1S/C20H21F3N2O/c21-20(22,23)16-6-4-14(5-7-16)17-10-15-11-24-9-8-18(15)25(19(17)26)12-13-2-1-3-13/h4-7,10,13,24H,1-3,8-9,11-12H2. The van der Waals surface area contributed by atoms with E-state index >= 15 is 0 Å². The number of fused-ring (bicyclic) bond motifs is 1. The molecule has 0 radical (unpaired) electrons. The van der Waals surface area contributed by atoms with Crippen molar-refractivity contribution in [2.24, 2.45) is 5.92 Å². The molecular formula is C20H21F3N2O. The van der Waals surface area contributed by atoms with E-state index in [0.717, 1.165) is 55.7 Å². The molecule has 0 unspecified atom stereocenters. The normalized spacial score (nSPS) is 17.7. The fraction of sp³-hybridized carbons (Fsp3) is 0.450. The lowest BCUT2D eigenvalue weighted by molar-refractivity contribution is -0.137. The molecule has 3 nitrogen and oxygen atoms in total. The molecule has 1 fully saturated rings. The van der Waals surface area contributed by atoms with Gasteiger partial charge in [-0.1, -0.05) is 18.6 Å². The number of alkyl halides is 3. The van der Waals surface area contributed by atoms with E-state index in [1.54, 1.807) is 0 Å². The Hall–Kier alpha value is -2.08. The third kappa shape index (κ3) is 3.18. The summed E-state index contributed by atoms with van der Waals surface area (Å²) in [4.78, 5) is 13.1. The van der Waals surface area contributed by atoms with Crippen LogP contribution in [0, 0.1) is 5.92 Å². The number of rotatable bonds is 3. The van der Waals surface area contributed by atoms with Crippen molar-refractivity contribution in [3.8, 4) is 11.1 Å². The molecular weight excluding hydrogens is 341 g/mol. The molecule has 0 bridgehead atoms. The predicted octanol–water partition coefficient (Wildman–Crippen LogP) is 3.98. The van der Waals surface area contributed by atoms with E-state index in [9.17, 15) is 18.0 Å². The minimum Gasteiger partial charge on any atom is -0.312 e. The van der Waals surface area contributed by atoms with Crippen molar-refractivity contribution in [1.82, 2.24) is 9.88 Å². The zero-order valence-corrected chi connectivity index (χ0v) is 14.4. The molecule has 0 atom stereocenters. The van der Waals surface area contributed by atoms with Crippen LogP contribution in [0.4, 0.5) is 13.2 Å². The number of nitrogens with zero attached hydrogens (tertiary/aromatic N) is 1. The summed E-state index contributed by atoms with van der Waals surface area (Å²) in [5.74, 6) is 0.537. The number of aromatic nitrogens is 1. The summed E-state index contributed by atoms with van der Waals surface area (Å²) in [6.45, 7) is 2.25. The van der Waals surface area contributed by atoms with Crippen molar-refractivity contribution in [3.63, 3.8) is 0 Å². The highest BCUT2D eigenvalue weighted by molar-refractivity contribution is 5.64. The molecule has 138 valence electrons. The van der Waals surface area contributed by atoms with Gasteiger partial charge in [0.1, 0.15) is 0 Å². The molecule has 1 N–H and O–H groups in total. The molecule has 0 saturated heterocycles. The lowest BCUT2D eigenvalue weighted by atomic mass is 9.85. The van der Waals surface area contributed by atoms with Crippen LogP contribution in [0.25, 0.3) is 11.1 Å². The van der Waals surface area contributed by atoms with E-state index in [0.29, 0.717) is 23.6 Å². The van der Waals surface area contributed by atoms with Crippen LogP contribution in [-0.2, 0) is 25.7 Å². The highest BCUT2D eigenvalue weighted by Gasteiger charge is 2.30. The van der Waals surface area contributed by atoms with Crippen molar-refractivity contribution in [1.29, 1.82) is 0 Å². The first-order valence-corrected chi connectivity index (χ1v) is 9.07. The summed E-state index contributed by atoms with van der Waals surface area (Å²) in [7, 11) is 0. The fourth-order valence-corrected chi connectivity index (χ4v) is 3.81. The monoisotopic (exact) mass is 362 g/mol. The molecule has 1 aliphatic heterocycles. The average Bonchev–Trinajstić information content (AvgIpc) is 2.58. The van der Waals surface area contributed by atoms with Gasteiger partial charge in [0, 0.05) is 37.3 Å². The van der Waals surface area contributed by atoms with Crippen LogP contribution in [-0.4, -0.2) is 11.1 Å². The molecule has 4 rings (SSSR count). The zero-order valence-electron chi connectivity index (χ0n) is 14.4. The molecule has 6 heteroatoms. The first-order chi connectivity index (χ1) is 12.4. The van der Waals surface area contributed by atoms with E-state index < -0.39 is 11.7 Å². The SMILES string of the molecule is O=c1c(-c2ccc(C(F)(F)F)cc2)cc2c(n1CC1CCC1)CCNC2. The number of pyridine rings is 1. The third-order valence-corrected chi connectivity index (χ3v) is 5.53. The average molecular weight is 362 g/mol. The van der Waals surface area contributed by atoms with Gasteiger partial charge in [-0.25, -0.2) is 0 Å². The zero-order chi connectivity index (χ0) is 18.3. The Balaban J connectivity index is 1.78. The fourth-order valence-electron chi connectivity index (χ4n) is 3.81. The smallest absolute Gasteiger partial charge is 0.312 e. The van der Waals surface area contributed by atoms with Crippen LogP contribution >= 0.6 is 0 Å². The molecule has 0 spiro atoms. The van der Waals surface area contributed by atoms with E-state index in [2.05, 4.69) is 5.32 Å². The number of hydrogen-bond donors (Lipinski definition) is 1. The first kappa shape index (κ1) is 17.3. The summed E-state index contributed by atoms with van der Waals surface area (Å²) < 4.78 is 40.3. The van der Waals surface area contributed by atoms with Crippen LogP contribution < -0.4 is 10.9 Å². The van der Waals surface area contributed by atoms with Gasteiger partial charge in [-0.05, 0) is 48.1 Å². The van der Waals surface area contributed by atoms with Gasteiger partial charge in [0.2, 0.25) is 0 Å². The van der Waals surface area contributed by atoms with E-state index in [1.807, 2.05) is 10.6 Å². The van der Waals surface area contributed by atoms with E-state index in [-0.39, 0.29) is 5.56 Å². The predicted molar refractivity (Wildman–Crippen MR) is 93.9 cm³/mol. The second-order valence-corrected chi connectivity index (χ2v) is 7.24. The summed E-state index contributed by atoms with van der Waals surface area (Å²) in [6.07, 6.45) is -0.0665. The quantitative estimate of drug-likeness (QED) is 0.896. The van der Waals surface area contributed by atoms with E-state index in [1.165, 1.54) is 18.6 Å². The first-order valence-electron chi connectivity index (χ1n) is 9.07. The van der Waals surface area contributed by atoms with Gasteiger partial charge >= 0.3 is 6.18 Å². The van der Waals surface area contributed by atoms with Gasteiger partial charge in [0.25, 0.3) is 5.56 Å². The molecule has 2 aromatic rings. The number of halogens is 3. The van der Waals surface area contributed by atoms with Crippen LogP contribution in [0.2, 0.25) is 0 Å². The van der Waals surface area contributed by atoms with Crippen LogP contribution in [0.1, 0.15) is 36.1 Å². The van der Waals surface area contributed by atoms with Gasteiger partial charge in [0.15, 0.2) is 0 Å². The number of benzene rings is 1.